The molecule has 0 saturated heterocycles. The van der Waals surface area contributed by atoms with Gasteiger partial charge in [-0.05, 0) is 0 Å². The number of rotatable bonds is 2. The molecule has 0 aromatic heterocycles. The first-order valence-corrected chi connectivity index (χ1v) is 5.45. The van der Waals surface area contributed by atoms with Crippen LogP contribution >= 0.6 is 23.2 Å². The second-order valence-electron chi connectivity index (χ2n) is 1.43. The molecule has 0 aliphatic carbocycles. The van der Waals surface area contributed by atoms with E-state index in [4.69, 9.17) is 23.2 Å². The summed E-state index contributed by atoms with van der Waals surface area (Å²) in [6, 6.07) is 0. The van der Waals surface area contributed by atoms with Gasteiger partial charge >= 0.3 is 0 Å². The molecule has 0 saturated carbocycles. The summed E-state index contributed by atoms with van der Waals surface area (Å²) in [4.78, 5) is 0. The van der Waals surface area contributed by atoms with Crippen molar-refractivity contribution in [2.45, 2.75) is 11.0 Å². The fraction of sp³-hybridized carbons (Fsp3) is 0.500. The van der Waals surface area contributed by atoms with E-state index < -0.39 is 8.80 Å². The molecule has 1 unspecified atom stereocenters. The maximum absolute atomic E-state index is 5.48. The fourth-order valence-electron chi connectivity index (χ4n) is 0.103. The van der Waals surface area contributed by atoms with Crippen molar-refractivity contribution >= 4 is 32.0 Å². The third-order valence-corrected chi connectivity index (χ3v) is 4.69. The van der Waals surface area contributed by atoms with Gasteiger partial charge in [-0.25, -0.2) is 0 Å². The second kappa shape index (κ2) is 3.53. The Morgan fingerprint density at radius 3 is 2.14 bits per heavy atom. The minimum Gasteiger partial charge on any atom is -0.109 e. The van der Waals surface area contributed by atoms with Gasteiger partial charge < -0.3 is 0 Å². The molecule has 0 nitrogen and oxygen atoms in total. The van der Waals surface area contributed by atoms with E-state index in [0.717, 1.165) is 0 Å². The quantitative estimate of drug-likeness (QED) is 0.422. The normalized spacial score (nSPS) is 14.3. The summed E-state index contributed by atoms with van der Waals surface area (Å²) < 4.78 is -0.169. The minimum absolute atomic E-state index is 0.169. The molecule has 42 valence electrons. The van der Waals surface area contributed by atoms with Crippen LogP contribution in [0.15, 0.2) is 12.3 Å². The zero-order valence-electron chi connectivity index (χ0n) is 4.20. The largest absolute Gasteiger partial charge is 0.109 e. The minimum atomic E-state index is -0.960. The van der Waals surface area contributed by atoms with Crippen LogP contribution < -0.4 is 0 Å². The fourth-order valence-corrected chi connectivity index (χ4v) is 0.926. The first-order valence-electron chi connectivity index (χ1n) is 2.09. The Morgan fingerprint density at radius 2 is 2.14 bits per heavy atom. The molecule has 3 heteroatoms. The van der Waals surface area contributed by atoms with E-state index in [1.807, 2.05) is 5.70 Å². The van der Waals surface area contributed by atoms with Gasteiger partial charge in [0.15, 0.2) is 0 Å². The third kappa shape index (κ3) is 3.15. The lowest BCUT2D eigenvalue weighted by molar-refractivity contribution is 1.78. The molecule has 0 spiro atoms. The van der Waals surface area contributed by atoms with Gasteiger partial charge in [0, 0.05) is 0 Å². The molecule has 0 radical (unpaired) electrons. The molecule has 1 atom stereocenters. The molecule has 0 heterocycles. The number of hydrogen-bond acceptors (Lipinski definition) is 0. The Hall–Kier alpha value is 0.537. The highest BCUT2D eigenvalue weighted by Crippen LogP contribution is 2.05. The number of hydrogen-bond donors (Lipinski definition) is 0. The maximum atomic E-state index is 5.48. The van der Waals surface area contributed by atoms with Crippen LogP contribution in [-0.2, 0) is 0 Å². The van der Waals surface area contributed by atoms with Crippen molar-refractivity contribution in [3.05, 3.63) is 12.3 Å². The van der Waals surface area contributed by atoms with Gasteiger partial charge in [0.25, 0.3) is 0 Å². The van der Waals surface area contributed by atoms with E-state index in [0.29, 0.717) is 0 Å². The number of halogens is 2. The Morgan fingerprint density at radius 1 is 1.71 bits per heavy atom. The van der Waals surface area contributed by atoms with Crippen molar-refractivity contribution in [3.8, 4) is 0 Å². The summed E-state index contributed by atoms with van der Waals surface area (Å²) in [5.74, 6) is 0. The predicted molar refractivity (Wildman–Crippen MR) is 38.7 cm³/mol. The van der Waals surface area contributed by atoms with Crippen LogP contribution in [0.25, 0.3) is 0 Å². The highest BCUT2D eigenvalue weighted by Gasteiger charge is 2.06. The summed E-state index contributed by atoms with van der Waals surface area (Å²) in [5.41, 5.74) is 1.87. The summed E-state index contributed by atoms with van der Waals surface area (Å²) in [7, 11) is -0.960. The van der Waals surface area contributed by atoms with Crippen molar-refractivity contribution in [2.75, 3.05) is 0 Å². The van der Waals surface area contributed by atoms with Crippen LogP contribution in [0.5, 0.6) is 0 Å². The molecule has 7 heavy (non-hydrogen) atoms. The SMILES string of the molecule is C=C[SiH](C)C(Cl)Cl. The van der Waals surface area contributed by atoms with Crippen molar-refractivity contribution in [1.82, 2.24) is 0 Å². The summed E-state index contributed by atoms with van der Waals surface area (Å²) in [6.45, 7) is 5.63. The Labute approximate surface area is 55.7 Å². The Kier molecular flexibility index (Phi) is 3.80. The topological polar surface area (TPSA) is 0 Å². The zero-order valence-corrected chi connectivity index (χ0v) is 6.86. The lowest BCUT2D eigenvalue weighted by atomic mass is 11.3. The molecule has 0 aromatic rings. The van der Waals surface area contributed by atoms with Gasteiger partial charge in [0.1, 0.15) is 0 Å². The molecule has 0 aliphatic rings. The van der Waals surface area contributed by atoms with E-state index in [2.05, 4.69) is 13.1 Å². The molecule has 0 N–H and O–H groups in total. The smallest absolute Gasteiger partial charge is 0.0981 e. The monoisotopic (exact) mass is 154 g/mol. The van der Waals surface area contributed by atoms with Crippen molar-refractivity contribution in [2.24, 2.45) is 0 Å². The molecular weight excluding hydrogens is 147 g/mol. The molecule has 0 aliphatic heterocycles. The van der Waals surface area contributed by atoms with Crippen LogP contribution in [-0.4, -0.2) is 13.3 Å². The number of alkyl halides is 2. The second-order valence-corrected chi connectivity index (χ2v) is 6.29. The molecule has 0 rings (SSSR count). The predicted octanol–water partition coefficient (Wildman–Crippen LogP) is 1.91. The van der Waals surface area contributed by atoms with Gasteiger partial charge in [0.2, 0.25) is 0 Å². The van der Waals surface area contributed by atoms with E-state index in [9.17, 15) is 0 Å². The van der Waals surface area contributed by atoms with Gasteiger partial charge in [-0.15, -0.1) is 35.5 Å². The summed E-state index contributed by atoms with van der Waals surface area (Å²) in [5, 5.41) is 0. The first kappa shape index (κ1) is 7.54. The van der Waals surface area contributed by atoms with Crippen LogP contribution in [0, 0.1) is 0 Å². The molecule has 0 amide bonds. The van der Waals surface area contributed by atoms with Crippen LogP contribution in [0.4, 0.5) is 0 Å². The van der Waals surface area contributed by atoms with Crippen molar-refractivity contribution < 1.29 is 0 Å². The average Bonchev–Trinajstić information content (AvgIpc) is 1.65. The lowest BCUT2D eigenvalue weighted by Crippen LogP contribution is -2.12. The van der Waals surface area contributed by atoms with Gasteiger partial charge in [0.05, 0.1) is 13.3 Å². The standard InChI is InChI=1S/C4H8Cl2Si/c1-3-7(2)4(5)6/h3-4,7H,1H2,2H3. The maximum Gasteiger partial charge on any atom is 0.0981 e. The molecule has 0 aromatic carbocycles. The van der Waals surface area contributed by atoms with E-state index in [-0.39, 0.29) is 4.46 Å². The molecule has 0 bridgehead atoms. The van der Waals surface area contributed by atoms with Crippen molar-refractivity contribution in [3.63, 3.8) is 0 Å². The van der Waals surface area contributed by atoms with E-state index >= 15 is 0 Å². The summed E-state index contributed by atoms with van der Waals surface area (Å²) >= 11 is 11.0. The Bertz CT molecular complexity index is 62.7. The van der Waals surface area contributed by atoms with E-state index in [1.54, 1.807) is 0 Å². The molecule has 0 fully saturated rings. The highest BCUT2D eigenvalue weighted by molar-refractivity contribution is 6.82. The van der Waals surface area contributed by atoms with Gasteiger partial charge in [-0.2, -0.15) is 0 Å². The first-order chi connectivity index (χ1) is 3.18. The third-order valence-electron chi connectivity index (χ3n) is 0.769. The van der Waals surface area contributed by atoms with Crippen molar-refractivity contribution in [1.29, 1.82) is 0 Å². The van der Waals surface area contributed by atoms with Crippen LogP contribution in [0.1, 0.15) is 0 Å². The Balaban J connectivity index is 3.33. The lowest BCUT2D eigenvalue weighted by Gasteiger charge is -2.00. The highest BCUT2D eigenvalue weighted by atomic mass is 35.5. The van der Waals surface area contributed by atoms with Gasteiger partial charge in [-0.3, -0.25) is 0 Å². The van der Waals surface area contributed by atoms with Crippen LogP contribution in [0.3, 0.4) is 0 Å². The summed E-state index contributed by atoms with van der Waals surface area (Å²) in [6.07, 6.45) is 0. The van der Waals surface area contributed by atoms with Gasteiger partial charge in [-0.1, -0.05) is 6.55 Å². The zero-order chi connectivity index (χ0) is 5.86. The average molecular weight is 155 g/mol. The van der Waals surface area contributed by atoms with Crippen LogP contribution in [0.2, 0.25) is 6.55 Å². The molecular formula is C4H8Cl2Si. The van der Waals surface area contributed by atoms with E-state index in [1.165, 1.54) is 0 Å².